The Morgan fingerprint density at radius 2 is 1.88 bits per heavy atom. The van der Waals surface area contributed by atoms with Crippen LogP contribution in [-0.4, -0.2) is 27.2 Å². The Balaban J connectivity index is 2.18. The molecule has 0 bridgehead atoms. The van der Waals surface area contributed by atoms with Crippen LogP contribution in [0.4, 0.5) is 11.4 Å². The largest absolute Gasteiger partial charge is 0.494 e. The third-order valence-electron chi connectivity index (χ3n) is 3.44. The minimum Gasteiger partial charge on any atom is -0.494 e. The van der Waals surface area contributed by atoms with Gasteiger partial charge in [-0.15, -0.1) is 0 Å². The van der Waals surface area contributed by atoms with Crippen molar-refractivity contribution in [2.75, 3.05) is 22.9 Å². The van der Waals surface area contributed by atoms with Crippen molar-refractivity contribution in [2.24, 2.45) is 0 Å². The molecule has 0 heterocycles. The van der Waals surface area contributed by atoms with Crippen LogP contribution in [0.5, 0.6) is 5.75 Å². The van der Waals surface area contributed by atoms with E-state index in [1.54, 1.807) is 12.1 Å². The zero-order valence-corrected chi connectivity index (χ0v) is 16.4. The summed E-state index contributed by atoms with van der Waals surface area (Å²) < 4.78 is 30.6. The first-order valence-electron chi connectivity index (χ1n) is 8.01. The molecular formula is C18H21ClN2O4S. The monoisotopic (exact) mass is 396 g/mol. The second-order valence-corrected chi connectivity index (χ2v) is 8.00. The smallest absolute Gasteiger partial charge is 0.255 e. The molecule has 2 rings (SSSR count). The zero-order valence-electron chi connectivity index (χ0n) is 14.8. The summed E-state index contributed by atoms with van der Waals surface area (Å²) in [6.45, 7) is 4.53. The summed E-state index contributed by atoms with van der Waals surface area (Å²) in [7, 11) is -3.50. The SMILES string of the molecule is CCCOc1ccc(NC(=O)c2ccc(Cl)c(NS(C)(=O)=O)c2)c(C)c1. The number of sulfonamides is 1. The fraction of sp³-hybridized carbons (Fsp3) is 0.278. The number of anilines is 2. The van der Waals surface area contributed by atoms with E-state index in [1.165, 1.54) is 18.2 Å². The minimum atomic E-state index is -3.50. The number of nitrogens with one attached hydrogen (secondary N) is 2. The fourth-order valence-corrected chi connectivity index (χ4v) is 3.01. The van der Waals surface area contributed by atoms with Crippen molar-refractivity contribution in [1.29, 1.82) is 0 Å². The molecule has 0 atom stereocenters. The third-order valence-corrected chi connectivity index (χ3v) is 4.36. The average Bonchev–Trinajstić information content (AvgIpc) is 2.55. The lowest BCUT2D eigenvalue weighted by Gasteiger charge is -2.12. The Hall–Kier alpha value is -2.25. The molecule has 8 heteroatoms. The molecule has 0 aromatic heterocycles. The Morgan fingerprint density at radius 3 is 2.50 bits per heavy atom. The zero-order chi connectivity index (χ0) is 19.3. The van der Waals surface area contributed by atoms with Gasteiger partial charge >= 0.3 is 0 Å². The predicted octanol–water partition coefficient (Wildman–Crippen LogP) is 4.06. The summed E-state index contributed by atoms with van der Waals surface area (Å²) in [5, 5.41) is 3.01. The number of aryl methyl sites for hydroxylation is 1. The molecule has 2 aromatic carbocycles. The number of ether oxygens (including phenoxy) is 1. The van der Waals surface area contributed by atoms with Gasteiger partial charge in [0.15, 0.2) is 0 Å². The molecule has 2 N–H and O–H groups in total. The molecule has 0 aliphatic rings. The highest BCUT2D eigenvalue weighted by atomic mass is 35.5. The molecular weight excluding hydrogens is 376 g/mol. The molecule has 0 radical (unpaired) electrons. The third kappa shape index (κ3) is 5.64. The molecule has 0 spiro atoms. The molecule has 2 aromatic rings. The van der Waals surface area contributed by atoms with E-state index in [2.05, 4.69) is 10.0 Å². The van der Waals surface area contributed by atoms with Crippen LogP contribution < -0.4 is 14.8 Å². The number of halogens is 1. The molecule has 26 heavy (non-hydrogen) atoms. The lowest BCUT2D eigenvalue weighted by Crippen LogP contribution is -2.15. The van der Waals surface area contributed by atoms with Crippen molar-refractivity contribution in [2.45, 2.75) is 20.3 Å². The standard InChI is InChI=1S/C18H21ClN2O4S/c1-4-9-25-14-6-8-16(12(2)10-14)20-18(22)13-5-7-15(19)17(11-13)21-26(3,23)24/h5-8,10-11,21H,4,9H2,1-3H3,(H,20,22). The fourth-order valence-electron chi connectivity index (χ4n) is 2.23. The maximum absolute atomic E-state index is 12.5. The molecule has 140 valence electrons. The number of hydrogen-bond donors (Lipinski definition) is 2. The van der Waals surface area contributed by atoms with Gasteiger partial charge in [-0.2, -0.15) is 0 Å². The van der Waals surface area contributed by atoms with Gasteiger partial charge in [0.05, 0.1) is 23.6 Å². The molecule has 0 fully saturated rings. The van der Waals surface area contributed by atoms with Crippen molar-refractivity contribution in [3.05, 3.63) is 52.5 Å². The topological polar surface area (TPSA) is 84.5 Å². The first-order chi connectivity index (χ1) is 12.2. The number of hydrogen-bond acceptors (Lipinski definition) is 4. The van der Waals surface area contributed by atoms with Crippen LogP contribution in [0.25, 0.3) is 0 Å². The van der Waals surface area contributed by atoms with Gasteiger partial charge in [-0.3, -0.25) is 9.52 Å². The molecule has 0 saturated carbocycles. The highest BCUT2D eigenvalue weighted by Crippen LogP contribution is 2.26. The lowest BCUT2D eigenvalue weighted by molar-refractivity contribution is 0.102. The van der Waals surface area contributed by atoms with E-state index in [9.17, 15) is 13.2 Å². The normalized spacial score (nSPS) is 11.1. The van der Waals surface area contributed by atoms with E-state index in [0.717, 1.165) is 24.0 Å². The van der Waals surface area contributed by atoms with Crippen LogP contribution in [0.1, 0.15) is 29.3 Å². The van der Waals surface area contributed by atoms with Crippen LogP contribution in [0.15, 0.2) is 36.4 Å². The molecule has 6 nitrogen and oxygen atoms in total. The summed E-state index contributed by atoms with van der Waals surface area (Å²) in [5.74, 6) is 0.372. The van der Waals surface area contributed by atoms with Gasteiger partial charge in [-0.05, 0) is 55.3 Å². The molecule has 0 unspecified atom stereocenters. The van der Waals surface area contributed by atoms with Gasteiger partial charge in [0.2, 0.25) is 10.0 Å². The Bertz CT molecular complexity index is 913. The van der Waals surface area contributed by atoms with Gasteiger partial charge in [0, 0.05) is 11.3 Å². The van der Waals surface area contributed by atoms with Gasteiger partial charge in [-0.25, -0.2) is 8.42 Å². The first-order valence-corrected chi connectivity index (χ1v) is 10.3. The Labute approximate surface area is 158 Å². The number of carbonyl (C=O) groups excluding carboxylic acids is 1. The van der Waals surface area contributed by atoms with Crippen molar-refractivity contribution < 1.29 is 17.9 Å². The van der Waals surface area contributed by atoms with E-state index in [-0.39, 0.29) is 22.2 Å². The number of rotatable bonds is 7. The Morgan fingerprint density at radius 1 is 1.15 bits per heavy atom. The highest BCUT2D eigenvalue weighted by Gasteiger charge is 2.13. The molecule has 0 aliphatic heterocycles. The van der Waals surface area contributed by atoms with E-state index in [4.69, 9.17) is 16.3 Å². The number of amides is 1. The molecule has 1 amide bonds. The van der Waals surface area contributed by atoms with Crippen molar-refractivity contribution in [3.63, 3.8) is 0 Å². The summed E-state index contributed by atoms with van der Waals surface area (Å²) in [6, 6.07) is 9.80. The van der Waals surface area contributed by atoms with Gasteiger partial charge in [0.25, 0.3) is 5.91 Å². The van der Waals surface area contributed by atoms with E-state index in [0.29, 0.717) is 12.3 Å². The number of carbonyl (C=O) groups is 1. The first kappa shape index (κ1) is 20.1. The van der Waals surface area contributed by atoms with Gasteiger partial charge < -0.3 is 10.1 Å². The van der Waals surface area contributed by atoms with Crippen LogP contribution in [0.2, 0.25) is 5.02 Å². The second-order valence-electron chi connectivity index (χ2n) is 5.85. The summed E-state index contributed by atoms with van der Waals surface area (Å²) in [6.07, 6.45) is 1.93. The van der Waals surface area contributed by atoms with Crippen molar-refractivity contribution >= 4 is 38.9 Å². The quantitative estimate of drug-likeness (QED) is 0.739. The maximum atomic E-state index is 12.5. The average molecular weight is 397 g/mol. The predicted molar refractivity (Wildman–Crippen MR) is 105 cm³/mol. The van der Waals surface area contributed by atoms with E-state index in [1.807, 2.05) is 19.9 Å². The highest BCUT2D eigenvalue weighted by molar-refractivity contribution is 7.92. The van der Waals surface area contributed by atoms with Gasteiger partial charge in [0.1, 0.15) is 5.75 Å². The second kappa shape index (κ2) is 8.42. The minimum absolute atomic E-state index is 0.154. The van der Waals surface area contributed by atoms with Crippen LogP contribution in [0.3, 0.4) is 0 Å². The summed E-state index contributed by atoms with van der Waals surface area (Å²) in [5.41, 5.74) is 1.94. The van der Waals surface area contributed by atoms with Crippen molar-refractivity contribution in [3.8, 4) is 5.75 Å². The van der Waals surface area contributed by atoms with Crippen LogP contribution in [-0.2, 0) is 10.0 Å². The summed E-state index contributed by atoms with van der Waals surface area (Å²) >= 11 is 5.98. The van der Waals surface area contributed by atoms with Crippen LogP contribution >= 0.6 is 11.6 Å². The molecule has 0 saturated heterocycles. The Kier molecular flexibility index (Phi) is 6.50. The van der Waals surface area contributed by atoms with Gasteiger partial charge in [-0.1, -0.05) is 18.5 Å². The van der Waals surface area contributed by atoms with E-state index >= 15 is 0 Å². The number of benzene rings is 2. The molecule has 0 aliphatic carbocycles. The van der Waals surface area contributed by atoms with Crippen LogP contribution in [0, 0.1) is 6.92 Å². The lowest BCUT2D eigenvalue weighted by atomic mass is 10.1. The maximum Gasteiger partial charge on any atom is 0.255 e. The summed E-state index contributed by atoms with van der Waals surface area (Å²) in [4.78, 5) is 12.5. The van der Waals surface area contributed by atoms with E-state index < -0.39 is 10.0 Å². The van der Waals surface area contributed by atoms with Crippen molar-refractivity contribution in [1.82, 2.24) is 0 Å².